The first kappa shape index (κ1) is 20.8. The Bertz CT molecular complexity index is 845. The second-order valence-corrected chi connectivity index (χ2v) is 8.56. The van der Waals surface area contributed by atoms with Gasteiger partial charge in [-0.25, -0.2) is 4.57 Å². The summed E-state index contributed by atoms with van der Waals surface area (Å²) in [5, 5.41) is 9.27. The highest BCUT2D eigenvalue weighted by molar-refractivity contribution is 7.46. The normalized spacial score (nSPS) is 23.8. The summed E-state index contributed by atoms with van der Waals surface area (Å²) in [6.07, 6.45) is 0.563. The van der Waals surface area contributed by atoms with E-state index < -0.39 is 25.6 Å². The Morgan fingerprint density at radius 3 is 2.75 bits per heavy atom. The molecule has 2 aliphatic heterocycles. The van der Waals surface area contributed by atoms with Crippen molar-refractivity contribution in [2.24, 2.45) is 0 Å². The van der Waals surface area contributed by atoms with Crippen LogP contribution in [0.5, 0.6) is 5.75 Å². The maximum atomic E-state index is 12.5. The number of ether oxygens (including phenoxy) is 2. The number of nitrogens with zero attached hydrogens (tertiary/aromatic N) is 2. The molecule has 152 valence electrons. The van der Waals surface area contributed by atoms with Crippen molar-refractivity contribution in [1.29, 1.82) is 5.26 Å². The molecule has 0 saturated carbocycles. The number of phosphoric ester groups is 1. The highest BCUT2D eigenvalue weighted by Gasteiger charge is 2.49. The minimum atomic E-state index is -4.59. The molecule has 0 spiro atoms. The van der Waals surface area contributed by atoms with Gasteiger partial charge in [-0.05, 0) is 38.5 Å². The number of nitriles is 1. The molecular weight excluding hydrogens is 387 g/mol. The van der Waals surface area contributed by atoms with Gasteiger partial charge in [0.05, 0.1) is 30.9 Å². The second kappa shape index (κ2) is 7.82. The Morgan fingerprint density at radius 1 is 1.39 bits per heavy atom. The van der Waals surface area contributed by atoms with E-state index in [1.807, 2.05) is 13.8 Å². The molecule has 10 heteroatoms. The quantitative estimate of drug-likeness (QED) is 0.537. The van der Waals surface area contributed by atoms with Crippen molar-refractivity contribution in [3.8, 4) is 11.8 Å². The molecule has 3 rings (SSSR count). The summed E-state index contributed by atoms with van der Waals surface area (Å²) >= 11 is 0. The zero-order chi connectivity index (χ0) is 20.5. The van der Waals surface area contributed by atoms with E-state index in [0.29, 0.717) is 29.8 Å². The largest absolute Gasteiger partial charge is 0.485 e. The summed E-state index contributed by atoms with van der Waals surface area (Å²) in [6, 6.07) is 6.70. The molecule has 28 heavy (non-hydrogen) atoms. The first-order valence-corrected chi connectivity index (χ1v) is 10.5. The van der Waals surface area contributed by atoms with Gasteiger partial charge in [-0.15, -0.1) is 0 Å². The van der Waals surface area contributed by atoms with Crippen molar-refractivity contribution in [1.82, 2.24) is 4.90 Å². The van der Waals surface area contributed by atoms with Crippen molar-refractivity contribution in [2.45, 2.75) is 44.4 Å². The average molecular weight is 410 g/mol. The number of amides is 1. The van der Waals surface area contributed by atoms with E-state index in [1.165, 1.54) is 0 Å². The highest BCUT2D eigenvalue weighted by Crippen LogP contribution is 2.46. The fourth-order valence-corrected chi connectivity index (χ4v) is 4.06. The van der Waals surface area contributed by atoms with Crippen molar-refractivity contribution >= 4 is 13.7 Å². The Kier molecular flexibility index (Phi) is 5.80. The minimum Gasteiger partial charge on any atom is -0.485 e. The van der Waals surface area contributed by atoms with Gasteiger partial charge in [0.15, 0.2) is 0 Å². The van der Waals surface area contributed by atoms with Crippen LogP contribution in [0.25, 0.3) is 0 Å². The van der Waals surface area contributed by atoms with E-state index in [1.54, 1.807) is 23.1 Å². The van der Waals surface area contributed by atoms with E-state index in [4.69, 9.17) is 19.3 Å². The third kappa shape index (κ3) is 4.37. The molecule has 2 atom stereocenters. The van der Waals surface area contributed by atoms with Gasteiger partial charge in [0.25, 0.3) is 0 Å². The summed E-state index contributed by atoms with van der Waals surface area (Å²) in [4.78, 5) is 31.9. The van der Waals surface area contributed by atoms with Crippen LogP contribution in [0, 0.1) is 11.3 Å². The van der Waals surface area contributed by atoms with Crippen LogP contribution >= 0.6 is 7.82 Å². The molecule has 2 aliphatic rings. The van der Waals surface area contributed by atoms with Crippen LogP contribution in [0.3, 0.4) is 0 Å². The van der Waals surface area contributed by atoms with Gasteiger partial charge in [0.1, 0.15) is 17.5 Å². The number of likely N-dealkylation sites (tertiary alicyclic amines) is 1. The van der Waals surface area contributed by atoms with Crippen molar-refractivity contribution in [3.05, 3.63) is 29.3 Å². The lowest BCUT2D eigenvalue weighted by molar-refractivity contribution is -0.149. The number of phosphoric acid groups is 1. The molecule has 2 heterocycles. The van der Waals surface area contributed by atoms with Gasteiger partial charge in [0, 0.05) is 18.5 Å². The summed E-state index contributed by atoms with van der Waals surface area (Å²) in [5.74, 6) is 0.580. The topological polar surface area (TPSA) is 129 Å². The van der Waals surface area contributed by atoms with Crippen LogP contribution in [0.2, 0.25) is 0 Å². The molecule has 2 unspecified atom stereocenters. The summed E-state index contributed by atoms with van der Waals surface area (Å²) < 4.78 is 27.3. The number of benzene rings is 1. The lowest BCUT2D eigenvalue weighted by Crippen LogP contribution is -2.55. The SMILES string of the molecule is CC1(C)Oc2ccc(C#N)cc2C(N2CCCC2=O)C1OCCOP(=O)(O)O. The van der Waals surface area contributed by atoms with E-state index in [0.717, 1.165) is 6.42 Å². The smallest absolute Gasteiger partial charge is 0.469 e. The Morgan fingerprint density at radius 2 is 2.14 bits per heavy atom. The van der Waals surface area contributed by atoms with Gasteiger partial charge >= 0.3 is 7.82 Å². The maximum Gasteiger partial charge on any atom is 0.469 e. The van der Waals surface area contributed by atoms with Crippen LogP contribution in [0.1, 0.15) is 43.9 Å². The summed E-state index contributed by atoms with van der Waals surface area (Å²) in [6.45, 7) is 3.83. The number of carbonyl (C=O) groups excluding carboxylic acids is 1. The molecule has 9 nitrogen and oxygen atoms in total. The van der Waals surface area contributed by atoms with Crippen LogP contribution in [0.4, 0.5) is 0 Å². The molecule has 2 N–H and O–H groups in total. The van der Waals surface area contributed by atoms with Crippen molar-refractivity contribution in [2.75, 3.05) is 19.8 Å². The molecule has 1 saturated heterocycles. The fourth-order valence-electron chi connectivity index (χ4n) is 3.74. The first-order chi connectivity index (χ1) is 13.1. The van der Waals surface area contributed by atoms with Gasteiger partial charge in [-0.1, -0.05) is 0 Å². The molecule has 1 aromatic rings. The lowest BCUT2D eigenvalue weighted by atomic mass is 9.84. The Labute approximate surface area is 163 Å². The zero-order valence-corrected chi connectivity index (χ0v) is 16.6. The first-order valence-electron chi connectivity index (χ1n) is 8.96. The molecule has 0 radical (unpaired) electrons. The van der Waals surface area contributed by atoms with Crippen LogP contribution < -0.4 is 4.74 Å². The summed E-state index contributed by atoms with van der Waals surface area (Å²) in [5.41, 5.74) is 0.313. The number of rotatable bonds is 6. The molecule has 1 amide bonds. The van der Waals surface area contributed by atoms with Gasteiger partial charge in [-0.3, -0.25) is 9.32 Å². The third-order valence-electron chi connectivity index (χ3n) is 4.89. The van der Waals surface area contributed by atoms with Crippen LogP contribution in [-0.2, 0) is 18.6 Å². The molecule has 1 fully saturated rings. The molecule has 1 aromatic carbocycles. The predicted molar refractivity (Wildman–Crippen MR) is 97.3 cm³/mol. The molecule has 0 aliphatic carbocycles. The Hall–Kier alpha value is -1.95. The highest BCUT2D eigenvalue weighted by atomic mass is 31.2. The predicted octanol–water partition coefficient (Wildman–Crippen LogP) is 1.89. The molecular formula is C18H23N2O7P. The van der Waals surface area contributed by atoms with Gasteiger partial charge in [0.2, 0.25) is 5.91 Å². The standard InChI is InChI=1S/C18H23N2O7P/c1-18(2)17(25-8-9-26-28(22,23)24)16(20-7-3-4-15(20)21)13-10-12(11-19)5-6-14(13)27-18/h5-6,10,16-17H,3-4,7-9H2,1-2H3,(H2,22,23,24). The monoisotopic (exact) mass is 410 g/mol. The van der Waals surface area contributed by atoms with E-state index in [-0.39, 0.29) is 19.1 Å². The van der Waals surface area contributed by atoms with Gasteiger partial charge < -0.3 is 24.2 Å². The third-order valence-corrected chi connectivity index (χ3v) is 5.41. The second-order valence-electron chi connectivity index (χ2n) is 7.32. The van der Waals surface area contributed by atoms with Crippen LogP contribution in [-0.4, -0.2) is 52.1 Å². The maximum absolute atomic E-state index is 12.5. The fraction of sp³-hybridized carbons (Fsp3) is 0.556. The number of hydrogen-bond acceptors (Lipinski definition) is 6. The lowest BCUT2D eigenvalue weighted by Gasteiger charge is -2.47. The van der Waals surface area contributed by atoms with Crippen LogP contribution in [0.15, 0.2) is 18.2 Å². The zero-order valence-electron chi connectivity index (χ0n) is 15.7. The van der Waals surface area contributed by atoms with Gasteiger partial charge in [-0.2, -0.15) is 5.26 Å². The van der Waals surface area contributed by atoms with Crippen molar-refractivity contribution in [3.63, 3.8) is 0 Å². The molecule has 0 bridgehead atoms. The van der Waals surface area contributed by atoms with Crippen molar-refractivity contribution < 1.29 is 33.1 Å². The van der Waals surface area contributed by atoms with E-state index in [9.17, 15) is 14.6 Å². The Balaban J connectivity index is 1.93. The minimum absolute atomic E-state index is 0.00363. The van der Waals surface area contributed by atoms with E-state index in [2.05, 4.69) is 10.6 Å². The number of carbonyl (C=O) groups is 1. The number of fused-ring (bicyclic) bond motifs is 1. The average Bonchev–Trinajstić information content (AvgIpc) is 3.02. The number of hydrogen-bond donors (Lipinski definition) is 2. The van der Waals surface area contributed by atoms with E-state index >= 15 is 0 Å². The summed E-state index contributed by atoms with van der Waals surface area (Å²) in [7, 11) is -4.59. The molecule has 0 aromatic heterocycles.